The molecule has 1 aromatic carbocycles. The predicted molar refractivity (Wildman–Crippen MR) is 255 cm³/mol. The number of terminal acetylenes is 1. The number of H-pyrrole nitrogens is 1. The number of aliphatic hydroxyl groups excluding tert-OH is 1. The van der Waals surface area contributed by atoms with Gasteiger partial charge in [0.2, 0.25) is 5.82 Å². The molecular weight excluding hydrogens is 887 g/mol. The maximum Gasteiger partial charge on any atom is 0.295 e. The molecule has 3 saturated heterocycles. The molecule has 0 radical (unpaired) electrons. The van der Waals surface area contributed by atoms with Crippen molar-refractivity contribution in [1.82, 2.24) is 49.6 Å². The zero-order valence-electron chi connectivity index (χ0n) is 39.4. The van der Waals surface area contributed by atoms with Gasteiger partial charge in [0.1, 0.15) is 18.7 Å². The first-order valence-electron chi connectivity index (χ1n) is 23.6. The van der Waals surface area contributed by atoms with Gasteiger partial charge in [0.25, 0.3) is 17.6 Å². The van der Waals surface area contributed by atoms with E-state index in [0.29, 0.717) is 108 Å². The average Bonchev–Trinajstić information content (AvgIpc) is 4.16. The first-order chi connectivity index (χ1) is 33.8. The summed E-state index contributed by atoms with van der Waals surface area (Å²) in [4.78, 5) is 61.4. The number of allylic oxidation sites excluding steroid dienone is 1. The standard InChI is InChI=1S/C49H63N11O9/c1-3-21-66-23-25-68-27-28-69-26-24-67-22-20-57-18-16-56(17-19-57)12-7-13-59-33-38(29-39(59)34-61)54-48(63)46-53-35-60(55-46)47-44-43(42(65-2)32-52-47)41(31-51-44)45(62)49(64)58-14-10-37(11-15-58)40(30-50)36-8-5-4-6-9-36/h1,4-6,8-9,31-32,35,38-39,51,61H,7,10-29,33-34H2,2H3,(H,54,63)/t38-,39-/m0/s1. The Morgan fingerprint density at radius 2 is 1.58 bits per heavy atom. The number of benzene rings is 1. The second kappa shape index (κ2) is 26.1. The minimum absolute atomic E-state index is 0.00972. The lowest BCUT2D eigenvalue weighted by Crippen LogP contribution is -2.48. The van der Waals surface area contributed by atoms with Crippen molar-refractivity contribution in [3.05, 3.63) is 71.6 Å². The first kappa shape index (κ1) is 50.8. The first-order valence-corrected chi connectivity index (χ1v) is 23.6. The molecule has 2 amide bonds. The van der Waals surface area contributed by atoms with Gasteiger partial charge in [-0.15, -0.1) is 11.5 Å². The molecule has 7 rings (SSSR count). The summed E-state index contributed by atoms with van der Waals surface area (Å²) in [5.41, 5.74) is 2.87. The number of likely N-dealkylation sites (tertiary alicyclic amines) is 2. The Labute approximate surface area is 402 Å². The SMILES string of the molecule is C#CCOCCOCCOCCOCCN1CCN(CCCN2C[C@@H](NC(=O)c3ncn(-c4ncc(OC)c5c(C(=O)C(=O)N6CCC(=C(C#N)c7ccccc7)CC6)c[nH]c45)n3)C[C@H]2CO)CC1. The fourth-order valence-electron chi connectivity index (χ4n) is 9.04. The van der Waals surface area contributed by atoms with Gasteiger partial charge in [-0.1, -0.05) is 36.3 Å². The number of aromatic amines is 1. The lowest BCUT2D eigenvalue weighted by molar-refractivity contribution is -0.126. The molecule has 0 aliphatic carbocycles. The van der Waals surface area contributed by atoms with E-state index in [1.165, 1.54) is 35.4 Å². The molecule has 6 heterocycles. The molecule has 20 heteroatoms. The third-order valence-electron chi connectivity index (χ3n) is 12.7. The number of nitrogens with zero attached hydrogens (tertiary/aromatic N) is 9. The minimum atomic E-state index is -0.716. The molecule has 0 spiro atoms. The molecule has 0 bridgehead atoms. The zero-order chi connectivity index (χ0) is 48.4. The van der Waals surface area contributed by atoms with Crippen molar-refractivity contribution in [3.63, 3.8) is 0 Å². The number of rotatable bonds is 25. The molecule has 4 aromatic rings. The number of ether oxygens (including phenoxy) is 5. The number of hydrogen-bond acceptors (Lipinski definition) is 16. The van der Waals surface area contributed by atoms with E-state index in [2.05, 4.69) is 52.1 Å². The molecule has 20 nitrogen and oxygen atoms in total. The smallest absolute Gasteiger partial charge is 0.295 e. The van der Waals surface area contributed by atoms with Crippen LogP contribution in [0.15, 0.2) is 54.6 Å². The van der Waals surface area contributed by atoms with E-state index < -0.39 is 17.6 Å². The lowest BCUT2D eigenvalue weighted by Gasteiger charge is -2.35. The third-order valence-corrected chi connectivity index (χ3v) is 12.7. The number of carbonyl (C=O) groups is 3. The molecule has 3 N–H and O–H groups in total. The summed E-state index contributed by atoms with van der Waals surface area (Å²) in [7, 11) is 1.45. The Morgan fingerprint density at radius 1 is 0.899 bits per heavy atom. The van der Waals surface area contributed by atoms with Crippen molar-refractivity contribution in [1.29, 1.82) is 5.26 Å². The van der Waals surface area contributed by atoms with Gasteiger partial charge in [0.05, 0.1) is 94.3 Å². The van der Waals surface area contributed by atoms with Crippen molar-refractivity contribution in [2.45, 2.75) is 37.8 Å². The molecule has 0 unspecified atom stereocenters. The fraction of sp³-hybridized carbons (Fsp3) is 0.531. The molecule has 0 saturated carbocycles. The largest absolute Gasteiger partial charge is 0.494 e. The van der Waals surface area contributed by atoms with Crippen LogP contribution in [0.25, 0.3) is 22.3 Å². The maximum atomic E-state index is 13.8. The van der Waals surface area contributed by atoms with Crippen molar-refractivity contribution < 1.29 is 43.2 Å². The van der Waals surface area contributed by atoms with Gasteiger partial charge in [-0.05, 0) is 49.9 Å². The molecule has 3 fully saturated rings. The van der Waals surface area contributed by atoms with E-state index in [1.54, 1.807) is 0 Å². The summed E-state index contributed by atoms with van der Waals surface area (Å²) in [6.45, 7) is 11.8. The fourth-order valence-corrected chi connectivity index (χ4v) is 9.04. The number of piperidine rings is 1. The highest BCUT2D eigenvalue weighted by molar-refractivity contribution is 6.45. The molecular formula is C49H63N11O9. The number of ketones is 1. The Balaban J connectivity index is 0.834. The van der Waals surface area contributed by atoms with Gasteiger partial charge in [0, 0.05) is 70.6 Å². The van der Waals surface area contributed by atoms with Crippen molar-refractivity contribution in [3.8, 4) is 30.0 Å². The molecule has 3 aromatic heterocycles. The number of piperazine rings is 1. The summed E-state index contributed by atoms with van der Waals surface area (Å²) in [5.74, 6) is 1.03. The Morgan fingerprint density at radius 3 is 2.25 bits per heavy atom. The van der Waals surface area contributed by atoms with Crippen molar-refractivity contribution in [2.75, 3.05) is 132 Å². The number of nitrogens with one attached hydrogen (secondary N) is 2. The van der Waals surface area contributed by atoms with Crippen LogP contribution in [0.4, 0.5) is 0 Å². The van der Waals surface area contributed by atoms with Crippen LogP contribution in [-0.2, 0) is 23.7 Å². The van der Waals surface area contributed by atoms with Crippen LogP contribution in [0.5, 0.6) is 5.75 Å². The average molecular weight is 950 g/mol. The number of aromatic nitrogens is 5. The number of aliphatic hydroxyl groups is 1. The van der Waals surface area contributed by atoms with Crippen LogP contribution in [0.1, 0.15) is 52.2 Å². The highest BCUT2D eigenvalue weighted by Gasteiger charge is 2.34. The molecule has 3 aliphatic heterocycles. The van der Waals surface area contributed by atoms with Crippen LogP contribution < -0.4 is 10.1 Å². The van der Waals surface area contributed by atoms with Gasteiger partial charge in [-0.2, -0.15) is 9.94 Å². The van der Waals surface area contributed by atoms with E-state index in [-0.39, 0.29) is 41.6 Å². The summed E-state index contributed by atoms with van der Waals surface area (Å²) >= 11 is 0. The number of hydrogen-bond donors (Lipinski definition) is 3. The molecule has 69 heavy (non-hydrogen) atoms. The minimum Gasteiger partial charge on any atom is -0.494 e. The van der Waals surface area contributed by atoms with Gasteiger partial charge < -0.3 is 48.9 Å². The summed E-state index contributed by atoms with van der Waals surface area (Å²) < 4.78 is 28.8. The number of fused-ring (bicyclic) bond motifs is 1. The number of nitriles is 1. The van der Waals surface area contributed by atoms with Crippen LogP contribution in [0.3, 0.4) is 0 Å². The zero-order valence-corrected chi connectivity index (χ0v) is 39.4. The van der Waals surface area contributed by atoms with Gasteiger partial charge >= 0.3 is 0 Å². The predicted octanol–water partition coefficient (Wildman–Crippen LogP) is 1.81. The third kappa shape index (κ3) is 13.6. The molecule has 2 atom stereocenters. The van der Waals surface area contributed by atoms with Crippen LogP contribution in [-0.4, -0.2) is 211 Å². The quantitative estimate of drug-likeness (QED) is 0.0283. The lowest BCUT2D eigenvalue weighted by atomic mass is 9.93. The number of Topliss-reactive ketones (excluding diaryl/α,β-unsaturated/α-hetero) is 1. The monoisotopic (exact) mass is 949 g/mol. The number of carbonyl (C=O) groups excluding carboxylic acids is 3. The van der Waals surface area contributed by atoms with E-state index >= 15 is 0 Å². The Hall–Kier alpha value is -6.07. The number of pyridine rings is 1. The summed E-state index contributed by atoms with van der Waals surface area (Å²) in [5, 5.41) is 28.0. The highest BCUT2D eigenvalue weighted by atomic mass is 16.6. The Bertz CT molecular complexity index is 2430. The topological polar surface area (TPSA) is 226 Å². The van der Waals surface area contributed by atoms with Crippen molar-refractivity contribution in [2.24, 2.45) is 0 Å². The van der Waals surface area contributed by atoms with Crippen LogP contribution >= 0.6 is 0 Å². The second-order valence-corrected chi connectivity index (χ2v) is 17.1. The van der Waals surface area contributed by atoms with E-state index in [1.807, 2.05) is 30.3 Å². The van der Waals surface area contributed by atoms with Gasteiger partial charge in [-0.25, -0.2) is 9.97 Å². The van der Waals surface area contributed by atoms with Gasteiger partial charge in [-0.3, -0.25) is 24.2 Å². The van der Waals surface area contributed by atoms with Crippen LogP contribution in [0, 0.1) is 23.7 Å². The maximum absolute atomic E-state index is 13.8. The highest BCUT2D eigenvalue weighted by Crippen LogP contribution is 2.33. The van der Waals surface area contributed by atoms with E-state index in [4.69, 9.17) is 30.1 Å². The van der Waals surface area contributed by atoms with Crippen molar-refractivity contribution >= 4 is 34.1 Å². The van der Waals surface area contributed by atoms with Crippen LogP contribution in [0.2, 0.25) is 0 Å². The van der Waals surface area contributed by atoms with E-state index in [9.17, 15) is 24.8 Å². The van der Waals surface area contributed by atoms with Gasteiger partial charge in [0.15, 0.2) is 5.82 Å². The normalized spacial score (nSPS) is 18.0. The number of amides is 2. The Kier molecular flexibility index (Phi) is 19.2. The molecule has 3 aliphatic rings. The summed E-state index contributed by atoms with van der Waals surface area (Å²) in [6.07, 6.45) is 11.9. The summed E-state index contributed by atoms with van der Waals surface area (Å²) in [6, 6.07) is 11.5. The second-order valence-electron chi connectivity index (χ2n) is 17.1. The van der Waals surface area contributed by atoms with E-state index in [0.717, 1.165) is 63.4 Å². The number of methoxy groups -OCH3 is 1. The molecule has 368 valence electrons.